The Morgan fingerprint density at radius 2 is 1.54 bits per heavy atom. The Bertz CT molecular complexity index is 476. The first-order valence-electron chi connectivity index (χ1n) is 9.30. The van der Waals surface area contributed by atoms with Gasteiger partial charge in [0.05, 0.1) is 6.61 Å². The molecular weight excluding hydrogens is 300 g/mol. The number of aryl methyl sites for hydroxylation is 1. The smallest absolute Gasteiger partial charge is 0.373 e. The Morgan fingerprint density at radius 1 is 0.917 bits per heavy atom. The van der Waals surface area contributed by atoms with E-state index in [-0.39, 0.29) is 5.76 Å². The number of hydrogen-bond donors (Lipinski definition) is 0. The standard InChI is InChI=1S/C21H32O3/c1-4-6-7-8-9-10-11-12-19-13-15-20(16-14-19)24-18(3)21(22)23-17-5-2/h13-16H,3-12,17H2,1-2H3. The summed E-state index contributed by atoms with van der Waals surface area (Å²) in [6.45, 7) is 8.20. The molecule has 0 N–H and O–H groups in total. The van der Waals surface area contributed by atoms with Crippen LogP contribution < -0.4 is 4.74 Å². The fraction of sp³-hybridized carbons (Fsp3) is 0.571. The van der Waals surface area contributed by atoms with Crippen LogP contribution in [0.1, 0.15) is 70.8 Å². The SMILES string of the molecule is C=C(Oc1ccc(CCCCCCCCC)cc1)C(=O)OCCC. The highest BCUT2D eigenvalue weighted by Gasteiger charge is 2.10. The molecule has 0 bridgehead atoms. The van der Waals surface area contributed by atoms with Gasteiger partial charge in [-0.15, -0.1) is 0 Å². The molecular formula is C21H32O3. The molecule has 0 fully saturated rings. The molecule has 0 atom stereocenters. The van der Waals surface area contributed by atoms with E-state index in [9.17, 15) is 4.79 Å². The van der Waals surface area contributed by atoms with Crippen LogP contribution >= 0.6 is 0 Å². The first-order valence-corrected chi connectivity index (χ1v) is 9.30. The summed E-state index contributed by atoms with van der Waals surface area (Å²) in [5.41, 5.74) is 1.30. The highest BCUT2D eigenvalue weighted by atomic mass is 16.6. The molecule has 24 heavy (non-hydrogen) atoms. The Morgan fingerprint density at radius 3 is 2.17 bits per heavy atom. The van der Waals surface area contributed by atoms with Gasteiger partial charge < -0.3 is 9.47 Å². The molecule has 0 saturated carbocycles. The number of esters is 1. The van der Waals surface area contributed by atoms with Gasteiger partial charge in [0.15, 0.2) is 0 Å². The zero-order chi connectivity index (χ0) is 17.6. The molecule has 1 rings (SSSR count). The summed E-state index contributed by atoms with van der Waals surface area (Å²) < 4.78 is 10.4. The average Bonchev–Trinajstić information content (AvgIpc) is 2.60. The molecule has 0 aliphatic rings. The normalized spacial score (nSPS) is 10.4. The second-order valence-electron chi connectivity index (χ2n) is 6.18. The maximum absolute atomic E-state index is 11.6. The number of carbonyl (C=O) groups is 1. The number of benzene rings is 1. The molecule has 0 spiro atoms. The van der Waals surface area contributed by atoms with E-state index in [1.807, 2.05) is 19.1 Å². The minimum atomic E-state index is -0.496. The van der Waals surface area contributed by atoms with Crippen molar-refractivity contribution in [2.24, 2.45) is 0 Å². The average molecular weight is 332 g/mol. The lowest BCUT2D eigenvalue weighted by atomic mass is 10.0. The highest BCUT2D eigenvalue weighted by molar-refractivity contribution is 5.86. The first-order chi connectivity index (χ1) is 11.7. The molecule has 0 aliphatic heterocycles. The second-order valence-corrected chi connectivity index (χ2v) is 6.18. The van der Waals surface area contributed by atoms with Crippen LogP contribution in [0.4, 0.5) is 0 Å². The number of unbranched alkanes of at least 4 members (excludes halogenated alkanes) is 6. The molecule has 1 aromatic rings. The minimum Gasteiger partial charge on any atom is -0.460 e. The van der Waals surface area contributed by atoms with Gasteiger partial charge in [-0.2, -0.15) is 0 Å². The molecule has 0 heterocycles. The number of hydrogen-bond acceptors (Lipinski definition) is 3. The van der Waals surface area contributed by atoms with E-state index in [1.165, 1.54) is 50.5 Å². The van der Waals surface area contributed by atoms with Gasteiger partial charge in [0.1, 0.15) is 5.75 Å². The molecule has 134 valence electrons. The lowest BCUT2D eigenvalue weighted by molar-refractivity contribution is -0.141. The van der Waals surface area contributed by atoms with Gasteiger partial charge in [-0.25, -0.2) is 4.79 Å². The van der Waals surface area contributed by atoms with Crippen molar-refractivity contribution in [1.29, 1.82) is 0 Å². The molecule has 0 radical (unpaired) electrons. The number of rotatable bonds is 13. The van der Waals surface area contributed by atoms with Crippen molar-refractivity contribution >= 4 is 5.97 Å². The van der Waals surface area contributed by atoms with Gasteiger partial charge in [0, 0.05) is 0 Å². The van der Waals surface area contributed by atoms with E-state index in [0.29, 0.717) is 12.4 Å². The fourth-order valence-corrected chi connectivity index (χ4v) is 2.47. The number of carbonyl (C=O) groups excluding carboxylic acids is 1. The van der Waals surface area contributed by atoms with Gasteiger partial charge in [-0.3, -0.25) is 0 Å². The van der Waals surface area contributed by atoms with Gasteiger partial charge in [-0.05, 0) is 43.5 Å². The van der Waals surface area contributed by atoms with Crippen LogP contribution in [0.2, 0.25) is 0 Å². The van der Waals surface area contributed by atoms with Crippen molar-refractivity contribution in [3.63, 3.8) is 0 Å². The van der Waals surface area contributed by atoms with Crippen molar-refractivity contribution in [1.82, 2.24) is 0 Å². The van der Waals surface area contributed by atoms with Gasteiger partial charge >= 0.3 is 5.97 Å². The maximum Gasteiger partial charge on any atom is 0.373 e. The van der Waals surface area contributed by atoms with Gasteiger partial charge in [-0.1, -0.05) is 64.5 Å². The molecule has 3 nitrogen and oxygen atoms in total. The van der Waals surface area contributed by atoms with Gasteiger partial charge in [0.2, 0.25) is 5.76 Å². The summed E-state index contributed by atoms with van der Waals surface area (Å²) >= 11 is 0. The fourth-order valence-electron chi connectivity index (χ4n) is 2.47. The van der Waals surface area contributed by atoms with Crippen LogP contribution in [0.15, 0.2) is 36.6 Å². The largest absolute Gasteiger partial charge is 0.460 e. The van der Waals surface area contributed by atoms with E-state index in [0.717, 1.165) is 12.8 Å². The molecule has 3 heteroatoms. The summed E-state index contributed by atoms with van der Waals surface area (Å²) in [5, 5.41) is 0. The van der Waals surface area contributed by atoms with Crippen molar-refractivity contribution < 1.29 is 14.3 Å². The topological polar surface area (TPSA) is 35.5 Å². The summed E-state index contributed by atoms with van der Waals surface area (Å²) in [6.07, 6.45) is 11.1. The third-order valence-electron chi connectivity index (χ3n) is 3.90. The van der Waals surface area contributed by atoms with Crippen LogP contribution in [0.5, 0.6) is 5.75 Å². The van der Waals surface area contributed by atoms with Crippen molar-refractivity contribution in [2.45, 2.75) is 71.6 Å². The summed E-state index contributed by atoms with van der Waals surface area (Å²) in [6, 6.07) is 7.87. The first kappa shape index (κ1) is 20.3. The lowest BCUT2D eigenvalue weighted by Crippen LogP contribution is -2.12. The predicted molar refractivity (Wildman–Crippen MR) is 99.2 cm³/mol. The molecule has 0 aliphatic carbocycles. The summed E-state index contributed by atoms with van der Waals surface area (Å²) in [4.78, 5) is 11.6. The lowest BCUT2D eigenvalue weighted by Gasteiger charge is -2.09. The van der Waals surface area contributed by atoms with Crippen LogP contribution in [0, 0.1) is 0 Å². The predicted octanol–water partition coefficient (Wildman–Crippen LogP) is 5.83. The minimum absolute atomic E-state index is 0.0308. The molecule has 0 saturated heterocycles. The molecule has 0 unspecified atom stereocenters. The highest BCUT2D eigenvalue weighted by Crippen LogP contribution is 2.17. The van der Waals surface area contributed by atoms with Crippen LogP contribution in [0.25, 0.3) is 0 Å². The Balaban J connectivity index is 2.25. The van der Waals surface area contributed by atoms with Crippen molar-refractivity contribution in [2.75, 3.05) is 6.61 Å². The number of ether oxygens (including phenoxy) is 2. The van der Waals surface area contributed by atoms with E-state index >= 15 is 0 Å². The second kappa shape index (κ2) is 12.6. The van der Waals surface area contributed by atoms with Crippen LogP contribution in [-0.2, 0) is 16.0 Å². The van der Waals surface area contributed by atoms with E-state index < -0.39 is 5.97 Å². The zero-order valence-electron chi connectivity index (χ0n) is 15.3. The zero-order valence-corrected chi connectivity index (χ0v) is 15.3. The Hall–Kier alpha value is -1.77. The van der Waals surface area contributed by atoms with Crippen molar-refractivity contribution in [3.8, 4) is 5.75 Å². The molecule has 1 aromatic carbocycles. The maximum atomic E-state index is 11.6. The van der Waals surface area contributed by atoms with E-state index in [1.54, 1.807) is 0 Å². The van der Waals surface area contributed by atoms with Crippen molar-refractivity contribution in [3.05, 3.63) is 42.2 Å². The summed E-state index contributed by atoms with van der Waals surface area (Å²) in [5.74, 6) is 0.157. The Kier molecular flexibility index (Phi) is 10.7. The van der Waals surface area contributed by atoms with Crippen LogP contribution in [0.3, 0.4) is 0 Å². The Labute approximate surface area is 147 Å². The monoisotopic (exact) mass is 332 g/mol. The molecule has 0 aromatic heterocycles. The third kappa shape index (κ3) is 8.76. The third-order valence-corrected chi connectivity index (χ3v) is 3.90. The van der Waals surface area contributed by atoms with Crippen LogP contribution in [-0.4, -0.2) is 12.6 Å². The molecule has 0 amide bonds. The van der Waals surface area contributed by atoms with Gasteiger partial charge in [0.25, 0.3) is 0 Å². The summed E-state index contributed by atoms with van der Waals surface area (Å²) in [7, 11) is 0. The van der Waals surface area contributed by atoms with E-state index in [2.05, 4.69) is 25.6 Å². The quantitative estimate of drug-likeness (QED) is 0.197. The van der Waals surface area contributed by atoms with E-state index in [4.69, 9.17) is 9.47 Å².